The summed E-state index contributed by atoms with van der Waals surface area (Å²) >= 11 is 0. The zero-order valence-electron chi connectivity index (χ0n) is 20.3. The van der Waals surface area contributed by atoms with E-state index >= 15 is 0 Å². The molecular weight excluding hydrogens is 478 g/mol. The highest BCUT2D eigenvalue weighted by molar-refractivity contribution is 7.89. The van der Waals surface area contributed by atoms with Gasteiger partial charge >= 0.3 is 11.6 Å². The van der Waals surface area contributed by atoms with Crippen molar-refractivity contribution >= 4 is 27.0 Å². The van der Waals surface area contributed by atoms with Crippen molar-refractivity contribution in [2.45, 2.75) is 44.6 Å². The predicted molar refractivity (Wildman–Crippen MR) is 138 cm³/mol. The van der Waals surface area contributed by atoms with Crippen LogP contribution in [0.1, 0.15) is 30.9 Å². The first-order valence-electron chi connectivity index (χ1n) is 11.6. The Morgan fingerprint density at radius 2 is 1.69 bits per heavy atom. The molecule has 0 bridgehead atoms. The Kier molecular flexibility index (Phi) is 7.37. The zero-order valence-corrected chi connectivity index (χ0v) is 21.1. The third kappa shape index (κ3) is 5.40. The second-order valence-corrected chi connectivity index (χ2v) is 10.3. The number of benzene rings is 3. The van der Waals surface area contributed by atoms with Crippen molar-refractivity contribution < 1.29 is 22.4 Å². The molecule has 1 aromatic heterocycles. The lowest BCUT2D eigenvalue weighted by Crippen LogP contribution is -2.42. The molecule has 0 aliphatic rings. The Morgan fingerprint density at radius 1 is 1.00 bits per heavy atom. The van der Waals surface area contributed by atoms with Crippen molar-refractivity contribution in [2.24, 2.45) is 0 Å². The first kappa shape index (κ1) is 25.3. The molecule has 0 saturated carbocycles. The molecule has 1 atom stereocenters. The molecule has 0 fully saturated rings. The summed E-state index contributed by atoms with van der Waals surface area (Å²) < 4.78 is 39.3. The minimum Gasteiger partial charge on any atom is -0.425 e. The van der Waals surface area contributed by atoms with Gasteiger partial charge in [-0.2, -0.15) is 4.72 Å². The van der Waals surface area contributed by atoms with Crippen molar-refractivity contribution in [3.8, 4) is 16.9 Å². The van der Waals surface area contributed by atoms with Gasteiger partial charge in [0.1, 0.15) is 17.4 Å². The van der Waals surface area contributed by atoms with Gasteiger partial charge in [-0.05, 0) is 55.7 Å². The quantitative estimate of drug-likeness (QED) is 0.202. The number of ether oxygens (including phenoxy) is 1. The maximum absolute atomic E-state index is 13.1. The summed E-state index contributed by atoms with van der Waals surface area (Å²) in [4.78, 5) is 25.5. The van der Waals surface area contributed by atoms with Gasteiger partial charge in [0, 0.05) is 17.0 Å². The van der Waals surface area contributed by atoms with E-state index in [0.29, 0.717) is 28.5 Å². The molecule has 0 unspecified atom stereocenters. The van der Waals surface area contributed by atoms with E-state index in [1.807, 2.05) is 44.2 Å². The van der Waals surface area contributed by atoms with Crippen LogP contribution in [0.3, 0.4) is 0 Å². The van der Waals surface area contributed by atoms with Gasteiger partial charge < -0.3 is 9.15 Å². The van der Waals surface area contributed by atoms with E-state index in [2.05, 4.69) is 4.72 Å². The molecule has 0 spiro atoms. The van der Waals surface area contributed by atoms with Gasteiger partial charge in [-0.15, -0.1) is 0 Å². The molecule has 8 heteroatoms. The summed E-state index contributed by atoms with van der Waals surface area (Å²) in [5, 5.41) is 0.697. The van der Waals surface area contributed by atoms with Crippen molar-refractivity contribution in [2.75, 3.05) is 0 Å². The van der Waals surface area contributed by atoms with Gasteiger partial charge in [0.15, 0.2) is 0 Å². The predicted octanol–water partition coefficient (Wildman–Crippen LogP) is 5.13. The number of sulfonamides is 1. The van der Waals surface area contributed by atoms with E-state index < -0.39 is 27.7 Å². The largest absolute Gasteiger partial charge is 0.425 e. The van der Waals surface area contributed by atoms with Crippen LogP contribution in [0.15, 0.2) is 86.9 Å². The summed E-state index contributed by atoms with van der Waals surface area (Å²) in [6.07, 6.45) is 0.811. The molecule has 0 amide bonds. The minimum absolute atomic E-state index is 0.0686. The maximum atomic E-state index is 13.1. The number of esters is 1. The summed E-state index contributed by atoms with van der Waals surface area (Å²) in [5.74, 6) is -0.548. The summed E-state index contributed by atoms with van der Waals surface area (Å²) in [7, 11) is -3.93. The molecule has 36 heavy (non-hydrogen) atoms. The second-order valence-electron chi connectivity index (χ2n) is 8.61. The van der Waals surface area contributed by atoms with Crippen molar-refractivity contribution in [1.29, 1.82) is 0 Å². The fraction of sp³-hybridized carbons (Fsp3) is 0.214. The van der Waals surface area contributed by atoms with Gasteiger partial charge in [0.25, 0.3) is 0 Å². The van der Waals surface area contributed by atoms with Crippen LogP contribution in [0.5, 0.6) is 5.75 Å². The van der Waals surface area contributed by atoms with E-state index in [1.165, 1.54) is 18.2 Å². The standard InChI is InChI=1S/C28H27NO6S/c1-4-8-24(29-36(32,33)21-13-11-18(2)12-14-21)28(31)34-25-16-15-22-23(20-9-6-5-7-10-20)17-26(30)35-27(22)19(25)3/h5-7,9-17,24,29H,4,8H2,1-3H3/t24-/m1/s1. The van der Waals surface area contributed by atoms with Crippen LogP contribution < -0.4 is 15.1 Å². The average molecular weight is 506 g/mol. The van der Waals surface area contributed by atoms with Crippen molar-refractivity contribution in [3.05, 3.63) is 94.3 Å². The zero-order chi connectivity index (χ0) is 25.9. The topological polar surface area (TPSA) is 103 Å². The molecule has 1 N–H and O–H groups in total. The number of carbonyl (C=O) groups excluding carboxylic acids is 1. The van der Waals surface area contributed by atoms with E-state index in [1.54, 1.807) is 31.2 Å². The van der Waals surface area contributed by atoms with Crippen LogP contribution in [0.25, 0.3) is 22.1 Å². The van der Waals surface area contributed by atoms with Crippen LogP contribution >= 0.6 is 0 Å². The lowest BCUT2D eigenvalue weighted by Gasteiger charge is -2.18. The second kappa shape index (κ2) is 10.5. The molecule has 3 aromatic carbocycles. The molecule has 0 radical (unpaired) electrons. The molecule has 0 saturated heterocycles. The van der Waals surface area contributed by atoms with Gasteiger partial charge in [-0.1, -0.05) is 61.4 Å². The lowest BCUT2D eigenvalue weighted by molar-refractivity contribution is -0.136. The first-order chi connectivity index (χ1) is 17.2. The Balaban J connectivity index is 1.64. The molecule has 1 heterocycles. The highest BCUT2D eigenvalue weighted by Crippen LogP contribution is 2.33. The van der Waals surface area contributed by atoms with E-state index in [4.69, 9.17) is 9.15 Å². The Bertz CT molecular complexity index is 1560. The average Bonchev–Trinajstić information content (AvgIpc) is 2.86. The van der Waals surface area contributed by atoms with Gasteiger partial charge in [-0.3, -0.25) is 0 Å². The molecule has 0 aliphatic heterocycles. The number of fused-ring (bicyclic) bond motifs is 1. The molecule has 0 aliphatic carbocycles. The molecular formula is C28H27NO6S. The third-order valence-corrected chi connectivity index (χ3v) is 7.38. The monoisotopic (exact) mass is 505 g/mol. The number of hydrogen-bond donors (Lipinski definition) is 1. The van der Waals surface area contributed by atoms with E-state index in [9.17, 15) is 18.0 Å². The smallest absolute Gasteiger partial charge is 0.336 e. The van der Waals surface area contributed by atoms with Gasteiger partial charge in [-0.25, -0.2) is 18.0 Å². The van der Waals surface area contributed by atoms with Crippen LogP contribution in [0, 0.1) is 13.8 Å². The van der Waals surface area contributed by atoms with Gasteiger partial charge in [0.05, 0.1) is 4.90 Å². The highest BCUT2D eigenvalue weighted by atomic mass is 32.2. The summed E-state index contributed by atoms with van der Waals surface area (Å²) in [6.45, 7) is 5.40. The number of carbonyl (C=O) groups is 1. The van der Waals surface area contributed by atoms with Crippen LogP contribution in [0.2, 0.25) is 0 Å². The SMILES string of the molecule is CCC[C@@H](NS(=O)(=O)c1ccc(C)cc1)C(=O)Oc1ccc2c(-c3ccccc3)cc(=O)oc2c1C. The Hall–Kier alpha value is -3.75. The van der Waals surface area contributed by atoms with Crippen molar-refractivity contribution in [1.82, 2.24) is 4.72 Å². The fourth-order valence-electron chi connectivity index (χ4n) is 3.98. The van der Waals surface area contributed by atoms with Crippen molar-refractivity contribution in [3.63, 3.8) is 0 Å². The first-order valence-corrected chi connectivity index (χ1v) is 13.1. The Morgan fingerprint density at radius 3 is 2.36 bits per heavy atom. The van der Waals surface area contributed by atoms with Gasteiger partial charge in [0.2, 0.25) is 10.0 Å². The maximum Gasteiger partial charge on any atom is 0.336 e. The molecule has 4 aromatic rings. The summed E-state index contributed by atoms with van der Waals surface area (Å²) in [5.41, 5.74) is 2.73. The van der Waals surface area contributed by atoms with E-state index in [-0.39, 0.29) is 17.1 Å². The lowest BCUT2D eigenvalue weighted by atomic mass is 10.00. The number of aryl methyl sites for hydroxylation is 2. The number of nitrogens with one attached hydrogen (secondary N) is 1. The van der Waals surface area contributed by atoms with E-state index in [0.717, 1.165) is 11.1 Å². The normalized spacial score (nSPS) is 12.4. The molecule has 4 rings (SSSR count). The fourth-order valence-corrected chi connectivity index (χ4v) is 5.19. The van der Waals surface area contributed by atoms with Crippen LogP contribution in [-0.4, -0.2) is 20.4 Å². The Labute approximate surface area is 209 Å². The molecule has 186 valence electrons. The summed E-state index contributed by atoms with van der Waals surface area (Å²) in [6, 6.07) is 19.5. The number of hydrogen-bond acceptors (Lipinski definition) is 6. The number of rotatable bonds is 8. The third-order valence-electron chi connectivity index (χ3n) is 5.90. The minimum atomic E-state index is -3.93. The molecule has 7 nitrogen and oxygen atoms in total. The van der Waals surface area contributed by atoms with Crippen LogP contribution in [-0.2, 0) is 14.8 Å². The highest BCUT2D eigenvalue weighted by Gasteiger charge is 2.27. The van der Waals surface area contributed by atoms with Crippen LogP contribution in [0.4, 0.5) is 0 Å².